The van der Waals surface area contributed by atoms with E-state index >= 15 is 0 Å². The van der Waals surface area contributed by atoms with Gasteiger partial charge in [-0.25, -0.2) is 0 Å². The van der Waals surface area contributed by atoms with Crippen molar-refractivity contribution >= 4 is 12.4 Å². The monoisotopic (exact) mass is 353 g/mol. The summed E-state index contributed by atoms with van der Waals surface area (Å²) in [7, 11) is 0. The Morgan fingerprint density at radius 1 is 1.08 bits per heavy atom. The second-order valence-corrected chi connectivity index (χ2v) is 7.44. The van der Waals surface area contributed by atoms with Crippen LogP contribution in [-0.4, -0.2) is 40.3 Å². The number of nitrogens with zero attached hydrogens (tertiary/aromatic N) is 1. The first-order valence-corrected chi connectivity index (χ1v) is 9.32. The van der Waals surface area contributed by atoms with Gasteiger partial charge in [-0.15, -0.1) is 12.4 Å². The minimum Gasteiger partial charge on any atom is -0.508 e. The molecule has 0 bridgehead atoms. The van der Waals surface area contributed by atoms with Gasteiger partial charge >= 0.3 is 0 Å². The molecule has 0 aliphatic heterocycles. The quantitative estimate of drug-likeness (QED) is 0.839. The molecule has 0 saturated heterocycles. The van der Waals surface area contributed by atoms with E-state index in [1.807, 2.05) is 6.07 Å². The first-order valence-electron chi connectivity index (χ1n) is 9.32. The van der Waals surface area contributed by atoms with E-state index in [0.29, 0.717) is 5.75 Å². The van der Waals surface area contributed by atoms with Crippen LogP contribution in [-0.2, 0) is 11.8 Å². The molecule has 0 aromatic heterocycles. The number of rotatable bonds is 5. The Morgan fingerprint density at radius 2 is 1.79 bits per heavy atom. The van der Waals surface area contributed by atoms with E-state index in [1.54, 1.807) is 6.07 Å². The summed E-state index contributed by atoms with van der Waals surface area (Å²) in [6.07, 6.45) is 7.03. The molecule has 0 unspecified atom stereocenters. The molecule has 136 valence electrons. The van der Waals surface area contributed by atoms with Gasteiger partial charge in [0.15, 0.2) is 0 Å². The van der Waals surface area contributed by atoms with Crippen molar-refractivity contribution in [3.8, 4) is 5.75 Å². The lowest BCUT2D eigenvalue weighted by atomic mass is 9.53. The largest absolute Gasteiger partial charge is 0.508 e. The van der Waals surface area contributed by atoms with Crippen LogP contribution in [0.25, 0.3) is 0 Å². The Hall–Kier alpha value is -0.770. The zero-order chi connectivity index (χ0) is 16.5. The van der Waals surface area contributed by atoms with Crippen LogP contribution in [0, 0.1) is 0 Å². The van der Waals surface area contributed by atoms with Crippen molar-refractivity contribution < 1.29 is 10.2 Å². The highest BCUT2D eigenvalue weighted by Crippen LogP contribution is 2.55. The van der Waals surface area contributed by atoms with E-state index in [1.165, 1.54) is 17.5 Å². The number of fused-ring (bicyclic) bond motifs is 3. The van der Waals surface area contributed by atoms with Crippen LogP contribution in [0.1, 0.15) is 63.5 Å². The smallest absolute Gasteiger partial charge is 0.115 e. The summed E-state index contributed by atoms with van der Waals surface area (Å²) in [6.45, 7) is 7.53. The Balaban J connectivity index is 0.00000208. The van der Waals surface area contributed by atoms with Crippen LogP contribution in [0.3, 0.4) is 0 Å². The first-order chi connectivity index (χ1) is 11.0. The zero-order valence-corrected chi connectivity index (χ0v) is 15.9. The minimum atomic E-state index is -0.598. The van der Waals surface area contributed by atoms with Crippen molar-refractivity contribution in [2.24, 2.45) is 0 Å². The Kier molecular flexibility index (Phi) is 6.22. The molecular weight excluding hydrogens is 322 g/mol. The summed E-state index contributed by atoms with van der Waals surface area (Å²) in [5.74, 6) is 0.334. The maximum Gasteiger partial charge on any atom is 0.115 e. The molecule has 4 heteroatoms. The van der Waals surface area contributed by atoms with Gasteiger partial charge in [0.2, 0.25) is 0 Å². The van der Waals surface area contributed by atoms with Crippen LogP contribution in [0.4, 0.5) is 0 Å². The lowest BCUT2D eigenvalue weighted by Gasteiger charge is -2.55. The summed E-state index contributed by atoms with van der Waals surface area (Å²) in [5.41, 5.74) is 1.77. The van der Waals surface area contributed by atoms with Crippen LogP contribution in [0.5, 0.6) is 5.75 Å². The van der Waals surface area contributed by atoms with E-state index < -0.39 is 5.60 Å². The van der Waals surface area contributed by atoms with Gasteiger partial charge in [0.1, 0.15) is 5.75 Å². The number of aliphatic hydroxyl groups is 1. The van der Waals surface area contributed by atoms with Crippen LogP contribution < -0.4 is 0 Å². The molecule has 1 fully saturated rings. The third-order valence-electron chi connectivity index (χ3n) is 6.50. The van der Waals surface area contributed by atoms with Gasteiger partial charge in [-0.05, 0) is 75.0 Å². The summed E-state index contributed by atoms with van der Waals surface area (Å²) in [4.78, 5) is 2.45. The fourth-order valence-corrected chi connectivity index (χ4v) is 5.02. The summed E-state index contributed by atoms with van der Waals surface area (Å²) in [5, 5.41) is 21.6. The molecule has 2 aliphatic rings. The van der Waals surface area contributed by atoms with Gasteiger partial charge in [0.25, 0.3) is 0 Å². The minimum absolute atomic E-state index is 0. The number of aryl methyl sites for hydroxylation is 1. The fraction of sp³-hybridized carbons (Fsp3) is 0.700. The van der Waals surface area contributed by atoms with Crippen molar-refractivity contribution in [3.05, 3.63) is 29.3 Å². The number of halogens is 1. The maximum absolute atomic E-state index is 11.5. The molecule has 3 nitrogen and oxygen atoms in total. The molecule has 0 spiro atoms. The van der Waals surface area contributed by atoms with E-state index in [4.69, 9.17) is 0 Å². The van der Waals surface area contributed by atoms with Crippen molar-refractivity contribution in [2.45, 2.75) is 69.8 Å². The number of benzene rings is 1. The van der Waals surface area contributed by atoms with Crippen LogP contribution in [0.15, 0.2) is 18.2 Å². The molecular formula is C20H32ClNO2. The Bertz CT molecular complexity index is 561. The van der Waals surface area contributed by atoms with Crippen molar-refractivity contribution in [1.82, 2.24) is 4.90 Å². The second kappa shape index (κ2) is 7.63. The number of phenolic OH excluding ortho intramolecular Hbond substituents is 1. The maximum atomic E-state index is 11.5. The third-order valence-corrected chi connectivity index (χ3v) is 6.50. The Morgan fingerprint density at radius 3 is 2.50 bits per heavy atom. The highest BCUT2D eigenvalue weighted by molar-refractivity contribution is 5.85. The first kappa shape index (κ1) is 19.6. The molecule has 0 radical (unpaired) electrons. The van der Waals surface area contributed by atoms with Crippen molar-refractivity contribution in [3.63, 3.8) is 0 Å². The molecule has 3 rings (SSSR count). The van der Waals surface area contributed by atoms with E-state index in [2.05, 4.69) is 24.8 Å². The lowest BCUT2D eigenvalue weighted by Crippen LogP contribution is -2.57. The number of aromatic hydroxyl groups is 1. The van der Waals surface area contributed by atoms with Gasteiger partial charge in [-0.1, -0.05) is 32.8 Å². The zero-order valence-electron chi connectivity index (χ0n) is 15.1. The van der Waals surface area contributed by atoms with Gasteiger partial charge in [0, 0.05) is 5.41 Å². The number of hydrogen-bond donors (Lipinski definition) is 2. The highest BCUT2D eigenvalue weighted by Gasteiger charge is 2.54. The molecule has 2 aliphatic carbocycles. The van der Waals surface area contributed by atoms with E-state index in [-0.39, 0.29) is 17.8 Å². The third kappa shape index (κ3) is 3.18. The molecule has 0 heterocycles. The molecule has 2 atom stereocenters. The van der Waals surface area contributed by atoms with E-state index in [9.17, 15) is 10.2 Å². The lowest BCUT2D eigenvalue weighted by molar-refractivity contribution is -0.0894. The van der Waals surface area contributed by atoms with Crippen LogP contribution >= 0.6 is 12.4 Å². The van der Waals surface area contributed by atoms with Gasteiger partial charge in [-0.2, -0.15) is 0 Å². The van der Waals surface area contributed by atoms with Gasteiger partial charge in [-0.3, -0.25) is 0 Å². The fourth-order valence-electron chi connectivity index (χ4n) is 5.02. The number of hydrogen-bond acceptors (Lipinski definition) is 3. The topological polar surface area (TPSA) is 43.7 Å². The normalized spacial score (nSPS) is 28.8. The van der Waals surface area contributed by atoms with Gasteiger partial charge < -0.3 is 15.1 Å². The average Bonchev–Trinajstić information content (AvgIpc) is 2.56. The molecule has 24 heavy (non-hydrogen) atoms. The summed E-state index contributed by atoms with van der Waals surface area (Å²) < 4.78 is 0. The standard InChI is InChI=1S/C20H31NO2.ClH/c1-3-21(4-2)14-13-19-10-5-6-11-20(19,23)12-9-16-7-8-17(22)15-18(16)19;/h7-8,15,22-23H,3-6,9-14H2,1-2H3;1H/t19-,20+;/m1./s1. The predicted molar refractivity (Wildman–Crippen MR) is 101 cm³/mol. The SMILES string of the molecule is CCN(CC)CC[C@@]12CCCC[C@]1(O)CCc1ccc(O)cc12.Cl. The summed E-state index contributed by atoms with van der Waals surface area (Å²) in [6, 6.07) is 5.80. The van der Waals surface area contributed by atoms with Crippen molar-refractivity contribution in [2.75, 3.05) is 19.6 Å². The molecule has 1 saturated carbocycles. The van der Waals surface area contributed by atoms with Crippen LogP contribution in [0.2, 0.25) is 0 Å². The molecule has 1 aromatic carbocycles. The molecule has 0 amide bonds. The van der Waals surface area contributed by atoms with E-state index in [0.717, 1.165) is 58.2 Å². The molecule has 1 aromatic rings. The second-order valence-electron chi connectivity index (χ2n) is 7.44. The summed E-state index contributed by atoms with van der Waals surface area (Å²) >= 11 is 0. The number of phenols is 1. The Labute approximate surface area is 152 Å². The highest BCUT2D eigenvalue weighted by atomic mass is 35.5. The molecule has 2 N–H and O–H groups in total. The van der Waals surface area contributed by atoms with Crippen molar-refractivity contribution in [1.29, 1.82) is 0 Å². The average molecular weight is 354 g/mol. The van der Waals surface area contributed by atoms with Gasteiger partial charge in [0.05, 0.1) is 5.60 Å². The predicted octanol–water partition coefficient (Wildman–Crippen LogP) is 4.04.